The fourth-order valence-corrected chi connectivity index (χ4v) is 9.39. The van der Waals surface area contributed by atoms with E-state index < -0.39 is 0 Å². The van der Waals surface area contributed by atoms with E-state index >= 15 is 0 Å². The molecule has 176 valence electrons. The topological polar surface area (TPSA) is 20.2 Å². The van der Waals surface area contributed by atoms with Gasteiger partial charge in [0.2, 0.25) is 0 Å². The number of fused-ring (bicyclic) bond motifs is 5. The van der Waals surface area contributed by atoms with Gasteiger partial charge in [-0.05, 0) is 123 Å². The molecule has 0 amide bonds. The van der Waals surface area contributed by atoms with Crippen LogP contribution in [0, 0.1) is 52.3 Å². The molecule has 0 saturated heterocycles. The Morgan fingerprint density at radius 3 is 2.45 bits per heavy atom. The molecule has 10 atom stereocenters. The third-order valence-corrected chi connectivity index (χ3v) is 11.5. The molecule has 4 aliphatic rings. The van der Waals surface area contributed by atoms with Gasteiger partial charge in [0.25, 0.3) is 0 Å². The van der Waals surface area contributed by atoms with Gasteiger partial charge < -0.3 is 5.11 Å². The van der Waals surface area contributed by atoms with Crippen molar-refractivity contribution < 1.29 is 5.11 Å². The number of hydrogen-bond acceptors (Lipinski definition) is 1. The first-order chi connectivity index (χ1) is 14.6. The summed E-state index contributed by atoms with van der Waals surface area (Å²) < 4.78 is 0. The van der Waals surface area contributed by atoms with Gasteiger partial charge in [0, 0.05) is 0 Å². The zero-order valence-corrected chi connectivity index (χ0v) is 21.4. The number of aliphatic hydroxyl groups excluding tert-OH is 1. The normalized spacial score (nSPS) is 46.4. The van der Waals surface area contributed by atoms with E-state index in [0.29, 0.717) is 28.6 Å². The van der Waals surface area contributed by atoms with E-state index in [1.807, 2.05) is 5.57 Å². The SMILES string of the molecule is C=C(C)[C@H](CC)CC[C@@H](C)[C@H]1CC[C@H]2C3=CCC4[C@H](C)[C@@H](O)CC[C@]4(C)[C@H]3CC[C@]12C. The maximum absolute atomic E-state index is 10.5. The standard InChI is InChI=1S/C30H50O/c1-8-22(19(2)3)10-9-20(4)24-13-14-26-23-11-12-25-21(5)28(31)16-18-30(25,7)27(23)15-17-29(24,26)6/h11,20-22,24-28,31H,2,8-10,12-18H2,1,3-7H3/t20-,21+,22-,24-,25?,26+,27+,28+,29-,30+/m1/s1. The molecule has 0 aromatic rings. The van der Waals surface area contributed by atoms with E-state index in [4.69, 9.17) is 0 Å². The Kier molecular flexibility index (Phi) is 6.59. The second-order valence-corrected chi connectivity index (χ2v) is 12.9. The summed E-state index contributed by atoms with van der Waals surface area (Å²) in [5.74, 6) is 5.17. The van der Waals surface area contributed by atoms with Gasteiger partial charge in [-0.2, -0.15) is 0 Å². The maximum atomic E-state index is 10.5. The molecule has 31 heavy (non-hydrogen) atoms. The second-order valence-electron chi connectivity index (χ2n) is 12.9. The van der Waals surface area contributed by atoms with Gasteiger partial charge in [-0.15, -0.1) is 0 Å². The Hall–Kier alpha value is -0.560. The minimum Gasteiger partial charge on any atom is -0.393 e. The summed E-state index contributed by atoms with van der Waals surface area (Å²) in [4.78, 5) is 0. The smallest absolute Gasteiger partial charge is 0.0568 e. The van der Waals surface area contributed by atoms with Gasteiger partial charge in [-0.1, -0.05) is 58.4 Å². The van der Waals surface area contributed by atoms with Crippen LogP contribution in [0.4, 0.5) is 0 Å². The van der Waals surface area contributed by atoms with Crippen molar-refractivity contribution in [3.63, 3.8) is 0 Å². The molecule has 4 rings (SSSR count). The predicted molar refractivity (Wildman–Crippen MR) is 133 cm³/mol. The van der Waals surface area contributed by atoms with Crippen LogP contribution >= 0.6 is 0 Å². The van der Waals surface area contributed by atoms with Crippen LogP contribution in [0.3, 0.4) is 0 Å². The van der Waals surface area contributed by atoms with Crippen molar-refractivity contribution in [3.8, 4) is 0 Å². The molecule has 0 spiro atoms. The highest BCUT2D eigenvalue weighted by molar-refractivity contribution is 5.28. The van der Waals surface area contributed by atoms with Crippen LogP contribution in [-0.2, 0) is 0 Å². The minimum atomic E-state index is -0.0789. The average molecular weight is 427 g/mol. The Balaban J connectivity index is 1.51. The van der Waals surface area contributed by atoms with Crippen molar-refractivity contribution in [2.24, 2.45) is 52.3 Å². The fourth-order valence-electron chi connectivity index (χ4n) is 9.39. The van der Waals surface area contributed by atoms with Crippen molar-refractivity contribution in [2.75, 3.05) is 0 Å². The second kappa shape index (κ2) is 8.66. The lowest BCUT2D eigenvalue weighted by Crippen LogP contribution is -2.52. The molecule has 3 fully saturated rings. The highest BCUT2D eigenvalue weighted by atomic mass is 16.3. The zero-order valence-electron chi connectivity index (χ0n) is 21.4. The number of rotatable bonds is 6. The van der Waals surface area contributed by atoms with Crippen molar-refractivity contribution in [1.82, 2.24) is 0 Å². The lowest BCUT2D eigenvalue weighted by atomic mass is 9.46. The Bertz CT molecular complexity index is 705. The molecule has 3 saturated carbocycles. The van der Waals surface area contributed by atoms with Gasteiger partial charge in [0.05, 0.1) is 6.10 Å². The third kappa shape index (κ3) is 3.79. The molecule has 1 N–H and O–H groups in total. The summed E-state index contributed by atoms with van der Waals surface area (Å²) in [7, 11) is 0. The molecule has 0 radical (unpaired) electrons. The van der Waals surface area contributed by atoms with Crippen LogP contribution in [0.15, 0.2) is 23.8 Å². The van der Waals surface area contributed by atoms with Gasteiger partial charge >= 0.3 is 0 Å². The monoisotopic (exact) mass is 426 g/mol. The first-order valence-electron chi connectivity index (χ1n) is 13.7. The Morgan fingerprint density at radius 2 is 1.77 bits per heavy atom. The van der Waals surface area contributed by atoms with Gasteiger partial charge in [-0.25, -0.2) is 0 Å². The first-order valence-corrected chi connectivity index (χ1v) is 13.7. The average Bonchev–Trinajstić information content (AvgIpc) is 3.08. The molecule has 4 aliphatic carbocycles. The van der Waals surface area contributed by atoms with E-state index in [1.165, 1.54) is 63.4 Å². The zero-order chi connectivity index (χ0) is 22.6. The van der Waals surface area contributed by atoms with Gasteiger partial charge in [-0.3, -0.25) is 0 Å². The Morgan fingerprint density at radius 1 is 1.10 bits per heavy atom. The van der Waals surface area contributed by atoms with E-state index in [2.05, 4.69) is 54.2 Å². The minimum absolute atomic E-state index is 0.0789. The maximum Gasteiger partial charge on any atom is 0.0568 e. The van der Waals surface area contributed by atoms with Crippen LogP contribution in [0.5, 0.6) is 0 Å². The molecule has 1 nitrogen and oxygen atoms in total. The van der Waals surface area contributed by atoms with Crippen LogP contribution in [-0.4, -0.2) is 11.2 Å². The van der Waals surface area contributed by atoms with E-state index in [9.17, 15) is 5.11 Å². The summed E-state index contributed by atoms with van der Waals surface area (Å²) in [6.07, 6.45) is 15.7. The summed E-state index contributed by atoms with van der Waals surface area (Å²) in [5.41, 5.74) is 4.17. The third-order valence-electron chi connectivity index (χ3n) is 11.5. The van der Waals surface area contributed by atoms with Crippen LogP contribution < -0.4 is 0 Å². The van der Waals surface area contributed by atoms with Crippen molar-refractivity contribution in [1.29, 1.82) is 0 Å². The summed E-state index contributed by atoms with van der Waals surface area (Å²) in [6, 6.07) is 0. The van der Waals surface area contributed by atoms with Gasteiger partial charge in [0.15, 0.2) is 0 Å². The molecule has 0 aromatic heterocycles. The number of hydrogen-bond donors (Lipinski definition) is 1. The summed E-state index contributed by atoms with van der Waals surface area (Å²) >= 11 is 0. The molecule has 1 heteroatoms. The van der Waals surface area contributed by atoms with Crippen LogP contribution in [0.2, 0.25) is 0 Å². The largest absolute Gasteiger partial charge is 0.393 e. The van der Waals surface area contributed by atoms with E-state index in [-0.39, 0.29) is 6.10 Å². The van der Waals surface area contributed by atoms with Crippen LogP contribution in [0.25, 0.3) is 0 Å². The molecule has 0 aliphatic heterocycles. The van der Waals surface area contributed by atoms with Crippen molar-refractivity contribution in [3.05, 3.63) is 23.8 Å². The molecule has 0 heterocycles. The summed E-state index contributed by atoms with van der Waals surface area (Å²) in [5, 5.41) is 10.5. The quantitative estimate of drug-likeness (QED) is 0.424. The van der Waals surface area contributed by atoms with Crippen molar-refractivity contribution in [2.45, 2.75) is 112 Å². The van der Waals surface area contributed by atoms with Crippen molar-refractivity contribution >= 4 is 0 Å². The number of allylic oxidation sites excluding steroid dienone is 3. The van der Waals surface area contributed by atoms with Crippen LogP contribution in [0.1, 0.15) is 106 Å². The highest BCUT2D eigenvalue weighted by Crippen LogP contribution is 2.67. The fraction of sp³-hybridized carbons (Fsp3) is 0.867. The Labute approximate surface area is 193 Å². The van der Waals surface area contributed by atoms with E-state index in [0.717, 1.165) is 30.1 Å². The molecule has 0 aromatic carbocycles. The molecular formula is C30H50O. The van der Waals surface area contributed by atoms with E-state index in [1.54, 1.807) is 0 Å². The molecule has 0 bridgehead atoms. The number of aliphatic hydroxyl groups is 1. The first kappa shape index (κ1) is 23.6. The lowest BCUT2D eigenvalue weighted by molar-refractivity contribution is -0.0773. The summed E-state index contributed by atoms with van der Waals surface area (Å²) in [6.45, 7) is 18.9. The lowest BCUT2D eigenvalue weighted by Gasteiger charge is -2.59. The van der Waals surface area contributed by atoms with Gasteiger partial charge in [0.1, 0.15) is 0 Å². The molecular weight excluding hydrogens is 376 g/mol. The predicted octanol–water partition coefficient (Wildman–Crippen LogP) is 8.19. The molecule has 1 unspecified atom stereocenters. The highest BCUT2D eigenvalue weighted by Gasteiger charge is 2.59.